The molecule has 0 bridgehead atoms. The number of nitrogens with one attached hydrogen (secondary N) is 2. The van der Waals surface area contributed by atoms with Gasteiger partial charge in [0.15, 0.2) is 11.4 Å². The van der Waals surface area contributed by atoms with E-state index in [0.29, 0.717) is 24.1 Å². The Morgan fingerprint density at radius 3 is 3.05 bits per heavy atom. The lowest BCUT2D eigenvalue weighted by atomic mass is 10.2. The summed E-state index contributed by atoms with van der Waals surface area (Å²) in [6.07, 6.45) is 2.71. The summed E-state index contributed by atoms with van der Waals surface area (Å²) < 4.78 is 0. The van der Waals surface area contributed by atoms with Gasteiger partial charge in [0, 0.05) is 12.5 Å². The summed E-state index contributed by atoms with van der Waals surface area (Å²) in [5.74, 6) is 1.00. The smallest absolute Gasteiger partial charge is 0.271 e. The fourth-order valence-electron chi connectivity index (χ4n) is 1.82. The van der Waals surface area contributed by atoms with Crippen LogP contribution in [-0.4, -0.2) is 16.0 Å². The van der Waals surface area contributed by atoms with Crippen molar-refractivity contribution in [1.29, 1.82) is 5.26 Å². The van der Waals surface area contributed by atoms with E-state index in [-0.39, 0.29) is 11.1 Å². The van der Waals surface area contributed by atoms with Crippen LogP contribution in [0.4, 0.5) is 5.82 Å². The van der Waals surface area contributed by atoms with E-state index >= 15 is 0 Å². The second-order valence-corrected chi connectivity index (χ2v) is 5.36. The zero-order valence-corrected chi connectivity index (χ0v) is 11.0. The summed E-state index contributed by atoms with van der Waals surface area (Å²) >= 11 is 1.61. The molecule has 3 rings (SSSR count). The van der Waals surface area contributed by atoms with Crippen molar-refractivity contribution in [2.45, 2.75) is 25.3 Å². The van der Waals surface area contributed by atoms with E-state index in [9.17, 15) is 4.79 Å². The second kappa shape index (κ2) is 4.86. The van der Waals surface area contributed by atoms with Crippen LogP contribution >= 0.6 is 11.3 Å². The van der Waals surface area contributed by atoms with Gasteiger partial charge in [-0.05, 0) is 35.2 Å². The second-order valence-electron chi connectivity index (χ2n) is 4.58. The number of rotatable bonds is 4. The highest BCUT2D eigenvalue weighted by atomic mass is 32.1. The minimum absolute atomic E-state index is 0.0703. The number of nitriles is 1. The lowest BCUT2D eigenvalue weighted by Crippen LogP contribution is -2.19. The van der Waals surface area contributed by atoms with E-state index in [4.69, 9.17) is 5.26 Å². The van der Waals surface area contributed by atoms with Gasteiger partial charge in [-0.25, -0.2) is 4.98 Å². The van der Waals surface area contributed by atoms with Crippen molar-refractivity contribution in [2.24, 2.45) is 0 Å². The Bertz CT molecular complexity index is 680. The monoisotopic (exact) mass is 272 g/mol. The molecular weight excluding hydrogens is 260 g/mol. The number of aromatic nitrogens is 2. The van der Waals surface area contributed by atoms with Crippen LogP contribution in [0, 0.1) is 11.3 Å². The molecule has 0 amide bonds. The third kappa shape index (κ3) is 2.66. The van der Waals surface area contributed by atoms with Crippen molar-refractivity contribution in [1.82, 2.24) is 9.97 Å². The molecule has 2 aromatic heterocycles. The molecule has 2 heterocycles. The average Bonchev–Trinajstić information content (AvgIpc) is 3.04. The Morgan fingerprint density at radius 2 is 2.42 bits per heavy atom. The molecule has 0 aliphatic heterocycles. The molecule has 2 N–H and O–H groups in total. The van der Waals surface area contributed by atoms with Gasteiger partial charge in [0.05, 0.1) is 0 Å². The highest BCUT2D eigenvalue weighted by Crippen LogP contribution is 2.24. The normalized spacial score (nSPS) is 14.1. The van der Waals surface area contributed by atoms with Gasteiger partial charge in [-0.2, -0.15) is 16.6 Å². The maximum absolute atomic E-state index is 11.9. The molecule has 1 saturated carbocycles. The number of aromatic amines is 1. The van der Waals surface area contributed by atoms with Crippen molar-refractivity contribution >= 4 is 17.2 Å². The molecule has 0 spiro atoms. The number of hydrogen-bond acceptors (Lipinski definition) is 5. The third-order valence-corrected chi connectivity index (χ3v) is 3.68. The first-order valence-corrected chi connectivity index (χ1v) is 7.01. The molecular formula is C13H12N4OS. The third-order valence-electron chi connectivity index (χ3n) is 2.95. The van der Waals surface area contributed by atoms with Gasteiger partial charge in [0.25, 0.3) is 5.56 Å². The summed E-state index contributed by atoms with van der Waals surface area (Å²) in [5.41, 5.74) is 0.807. The lowest BCUT2D eigenvalue weighted by Gasteiger charge is -2.07. The van der Waals surface area contributed by atoms with E-state index in [2.05, 4.69) is 15.3 Å². The SMILES string of the molecule is N#Cc1c(NC2CC2)nc(Cc2ccsc2)[nH]c1=O. The molecule has 1 aliphatic rings. The topological polar surface area (TPSA) is 81.6 Å². The molecule has 0 aromatic carbocycles. The van der Waals surface area contributed by atoms with Gasteiger partial charge in [0.1, 0.15) is 11.9 Å². The number of thiophene rings is 1. The highest BCUT2D eigenvalue weighted by Gasteiger charge is 2.24. The Hall–Kier alpha value is -2.13. The minimum Gasteiger partial charge on any atom is -0.366 e. The minimum atomic E-state index is -0.370. The molecule has 0 saturated heterocycles. The van der Waals surface area contributed by atoms with E-state index < -0.39 is 0 Å². The largest absolute Gasteiger partial charge is 0.366 e. The Labute approximate surface area is 113 Å². The van der Waals surface area contributed by atoms with Crippen LogP contribution in [0.3, 0.4) is 0 Å². The predicted octanol–water partition coefficient (Wildman–Crippen LogP) is 1.87. The van der Waals surface area contributed by atoms with Crippen molar-refractivity contribution in [3.8, 4) is 6.07 Å². The highest BCUT2D eigenvalue weighted by molar-refractivity contribution is 7.07. The van der Waals surface area contributed by atoms with Crippen molar-refractivity contribution in [3.63, 3.8) is 0 Å². The first-order chi connectivity index (χ1) is 9.26. The quantitative estimate of drug-likeness (QED) is 0.890. The van der Waals surface area contributed by atoms with Crippen LogP contribution in [0.15, 0.2) is 21.6 Å². The van der Waals surface area contributed by atoms with E-state index in [0.717, 1.165) is 18.4 Å². The lowest BCUT2D eigenvalue weighted by molar-refractivity contribution is 0.933. The van der Waals surface area contributed by atoms with E-state index in [1.54, 1.807) is 11.3 Å². The van der Waals surface area contributed by atoms with Crippen LogP contribution in [-0.2, 0) is 6.42 Å². The maximum Gasteiger partial charge on any atom is 0.271 e. The Kier molecular flexibility index (Phi) is 3.05. The maximum atomic E-state index is 11.9. The van der Waals surface area contributed by atoms with E-state index in [1.807, 2.05) is 22.9 Å². The van der Waals surface area contributed by atoms with Gasteiger partial charge in [-0.3, -0.25) is 4.79 Å². The molecule has 6 heteroatoms. The standard InChI is InChI=1S/C13H12N4OS/c14-6-10-12(15-9-1-2-9)16-11(17-13(10)18)5-8-3-4-19-7-8/h3-4,7,9H,1-2,5H2,(H2,15,16,17,18). The molecule has 0 radical (unpaired) electrons. The molecule has 96 valence electrons. The zero-order chi connectivity index (χ0) is 13.2. The molecule has 19 heavy (non-hydrogen) atoms. The number of hydrogen-bond donors (Lipinski definition) is 2. The zero-order valence-electron chi connectivity index (χ0n) is 10.1. The molecule has 2 aromatic rings. The van der Waals surface area contributed by atoms with E-state index in [1.165, 1.54) is 0 Å². The fraction of sp³-hybridized carbons (Fsp3) is 0.308. The molecule has 0 unspecified atom stereocenters. The van der Waals surface area contributed by atoms with Gasteiger partial charge in [-0.15, -0.1) is 0 Å². The van der Waals surface area contributed by atoms with Crippen molar-refractivity contribution in [2.75, 3.05) is 5.32 Å². The van der Waals surface area contributed by atoms with Gasteiger partial charge >= 0.3 is 0 Å². The summed E-state index contributed by atoms with van der Waals surface area (Å²) in [6, 6.07) is 4.27. The molecule has 0 atom stereocenters. The van der Waals surface area contributed by atoms with Crippen LogP contribution in [0.5, 0.6) is 0 Å². The van der Waals surface area contributed by atoms with Crippen LogP contribution in [0.1, 0.15) is 29.8 Å². The van der Waals surface area contributed by atoms with Crippen molar-refractivity contribution in [3.05, 3.63) is 44.1 Å². The predicted molar refractivity (Wildman–Crippen MR) is 73.3 cm³/mol. The fourth-order valence-corrected chi connectivity index (χ4v) is 2.49. The summed E-state index contributed by atoms with van der Waals surface area (Å²) in [6.45, 7) is 0. The van der Waals surface area contributed by atoms with Gasteiger partial charge < -0.3 is 10.3 Å². The first kappa shape index (κ1) is 11.9. The molecule has 1 aliphatic carbocycles. The number of nitrogens with zero attached hydrogens (tertiary/aromatic N) is 2. The Balaban J connectivity index is 1.94. The summed E-state index contributed by atoms with van der Waals surface area (Å²) in [5, 5.41) is 16.2. The number of anilines is 1. The van der Waals surface area contributed by atoms with Crippen LogP contribution < -0.4 is 10.9 Å². The summed E-state index contributed by atoms with van der Waals surface area (Å²) in [4.78, 5) is 18.9. The van der Waals surface area contributed by atoms with Gasteiger partial charge in [-0.1, -0.05) is 0 Å². The van der Waals surface area contributed by atoms with Crippen LogP contribution in [0.25, 0.3) is 0 Å². The van der Waals surface area contributed by atoms with Gasteiger partial charge in [0.2, 0.25) is 0 Å². The summed E-state index contributed by atoms with van der Waals surface area (Å²) in [7, 11) is 0. The molecule has 1 fully saturated rings. The van der Waals surface area contributed by atoms with Crippen LogP contribution in [0.2, 0.25) is 0 Å². The number of H-pyrrole nitrogens is 1. The molecule has 5 nitrogen and oxygen atoms in total. The Morgan fingerprint density at radius 1 is 1.58 bits per heavy atom. The average molecular weight is 272 g/mol. The van der Waals surface area contributed by atoms with Crippen molar-refractivity contribution < 1.29 is 0 Å². The first-order valence-electron chi connectivity index (χ1n) is 6.07.